The van der Waals surface area contributed by atoms with Crippen LogP contribution in [-0.2, 0) is 0 Å². The zero-order valence-corrected chi connectivity index (χ0v) is 7.46. The molecule has 1 aliphatic rings. The molecule has 0 spiro atoms. The molecule has 0 aromatic heterocycles. The molecule has 1 unspecified atom stereocenters. The largest absolute Gasteiger partial charge is 0.508 e. The van der Waals surface area contributed by atoms with E-state index in [-0.39, 0.29) is 5.75 Å². The second-order valence-electron chi connectivity index (χ2n) is 3.50. The van der Waals surface area contributed by atoms with Crippen molar-refractivity contribution >= 4 is 5.69 Å². The van der Waals surface area contributed by atoms with Gasteiger partial charge in [-0.15, -0.1) is 0 Å². The second-order valence-corrected chi connectivity index (χ2v) is 3.50. The molecule has 0 amide bonds. The van der Waals surface area contributed by atoms with E-state index in [9.17, 15) is 5.11 Å². The highest BCUT2D eigenvalue weighted by molar-refractivity contribution is 5.53. The molecule has 1 aromatic carbocycles. The van der Waals surface area contributed by atoms with Gasteiger partial charge in [0.05, 0.1) is 0 Å². The molecule has 0 saturated carbocycles. The topological polar surface area (TPSA) is 58.3 Å². The van der Waals surface area contributed by atoms with Gasteiger partial charge in [-0.3, -0.25) is 0 Å². The number of nitrogens with one attached hydrogen (secondary N) is 1. The highest BCUT2D eigenvalue weighted by Crippen LogP contribution is 2.29. The number of hydrogen-bond acceptors (Lipinski definition) is 3. The molecule has 3 nitrogen and oxygen atoms in total. The van der Waals surface area contributed by atoms with E-state index in [0.29, 0.717) is 11.6 Å². The molecule has 1 heterocycles. The van der Waals surface area contributed by atoms with Gasteiger partial charge in [0.25, 0.3) is 0 Å². The monoisotopic (exact) mass is 178 g/mol. The molecular formula is C10H14N2O. The fraction of sp³-hybridized carbons (Fsp3) is 0.400. The Morgan fingerprint density at radius 2 is 2.31 bits per heavy atom. The third-order valence-corrected chi connectivity index (χ3v) is 2.57. The Morgan fingerprint density at radius 1 is 1.46 bits per heavy atom. The van der Waals surface area contributed by atoms with E-state index in [1.165, 1.54) is 0 Å². The number of hydrogen-bond donors (Lipinski definition) is 3. The third-order valence-electron chi connectivity index (χ3n) is 2.57. The van der Waals surface area contributed by atoms with Gasteiger partial charge in [-0.1, -0.05) is 6.07 Å². The first-order chi connectivity index (χ1) is 6.27. The van der Waals surface area contributed by atoms with Crippen LogP contribution >= 0.6 is 0 Å². The minimum atomic E-state index is 0.243. The van der Waals surface area contributed by atoms with Crippen LogP contribution in [0.5, 0.6) is 5.75 Å². The summed E-state index contributed by atoms with van der Waals surface area (Å²) < 4.78 is 0. The molecule has 4 N–H and O–H groups in total. The van der Waals surface area contributed by atoms with Crippen LogP contribution in [0.25, 0.3) is 0 Å². The molecule has 0 aliphatic carbocycles. The van der Waals surface area contributed by atoms with Crippen LogP contribution in [0.1, 0.15) is 17.9 Å². The number of nitrogen functional groups attached to an aromatic ring is 1. The Bertz CT molecular complexity index is 306. The fourth-order valence-corrected chi connectivity index (χ4v) is 1.85. The van der Waals surface area contributed by atoms with Gasteiger partial charge in [-0.25, -0.2) is 0 Å². The molecule has 70 valence electrons. The molecule has 1 saturated heterocycles. The summed E-state index contributed by atoms with van der Waals surface area (Å²) in [5.41, 5.74) is 7.67. The lowest BCUT2D eigenvalue weighted by Gasteiger charge is -2.11. The van der Waals surface area contributed by atoms with Gasteiger partial charge >= 0.3 is 0 Å². The standard InChI is InChI=1S/C10H14N2O/c11-10-5-8(13)1-2-9(10)7-3-4-12-6-7/h1-2,5,7,12-13H,3-4,6,11H2. The third kappa shape index (κ3) is 1.60. The lowest BCUT2D eigenvalue weighted by molar-refractivity contribution is 0.475. The Hall–Kier alpha value is -1.22. The molecular weight excluding hydrogens is 164 g/mol. The smallest absolute Gasteiger partial charge is 0.117 e. The van der Waals surface area contributed by atoms with Crippen molar-refractivity contribution in [2.24, 2.45) is 0 Å². The Labute approximate surface area is 77.6 Å². The second kappa shape index (κ2) is 3.26. The van der Waals surface area contributed by atoms with Crippen molar-refractivity contribution < 1.29 is 5.11 Å². The zero-order chi connectivity index (χ0) is 9.26. The number of phenols is 1. The Kier molecular flexibility index (Phi) is 2.10. The van der Waals surface area contributed by atoms with Gasteiger partial charge in [-0.05, 0) is 30.5 Å². The molecule has 3 heteroatoms. The highest BCUT2D eigenvalue weighted by atomic mass is 16.3. The van der Waals surface area contributed by atoms with Crippen molar-refractivity contribution in [1.29, 1.82) is 0 Å². The SMILES string of the molecule is Nc1cc(O)ccc1C1CCNC1. The quantitative estimate of drug-likeness (QED) is 0.563. The van der Waals surface area contributed by atoms with E-state index in [2.05, 4.69) is 5.32 Å². The van der Waals surface area contributed by atoms with Gasteiger partial charge < -0.3 is 16.2 Å². The van der Waals surface area contributed by atoms with E-state index in [1.807, 2.05) is 6.07 Å². The van der Waals surface area contributed by atoms with Crippen LogP contribution in [0.15, 0.2) is 18.2 Å². The number of anilines is 1. The highest BCUT2D eigenvalue weighted by Gasteiger charge is 2.18. The number of nitrogens with two attached hydrogens (primary N) is 1. The van der Waals surface area contributed by atoms with Crippen molar-refractivity contribution in [3.8, 4) is 5.75 Å². The predicted molar refractivity (Wildman–Crippen MR) is 52.7 cm³/mol. The maximum Gasteiger partial charge on any atom is 0.117 e. The summed E-state index contributed by atoms with van der Waals surface area (Å²) >= 11 is 0. The van der Waals surface area contributed by atoms with Gasteiger partial charge in [0.1, 0.15) is 5.75 Å². The van der Waals surface area contributed by atoms with Crippen molar-refractivity contribution in [2.45, 2.75) is 12.3 Å². The number of rotatable bonds is 1. The lowest BCUT2D eigenvalue weighted by atomic mass is 9.97. The van der Waals surface area contributed by atoms with Crippen molar-refractivity contribution in [1.82, 2.24) is 5.32 Å². The summed E-state index contributed by atoms with van der Waals surface area (Å²) in [5.74, 6) is 0.757. The molecule has 1 aliphatic heterocycles. The molecule has 1 atom stereocenters. The molecule has 13 heavy (non-hydrogen) atoms. The maximum absolute atomic E-state index is 9.18. The van der Waals surface area contributed by atoms with Gasteiger partial charge in [0, 0.05) is 18.3 Å². The van der Waals surface area contributed by atoms with Crippen LogP contribution < -0.4 is 11.1 Å². The van der Waals surface area contributed by atoms with Crippen LogP contribution in [-0.4, -0.2) is 18.2 Å². The number of aromatic hydroxyl groups is 1. The molecule has 1 aromatic rings. The predicted octanol–water partition coefficient (Wildman–Crippen LogP) is 1.05. The lowest BCUT2D eigenvalue weighted by Crippen LogP contribution is -2.09. The summed E-state index contributed by atoms with van der Waals surface area (Å²) in [7, 11) is 0. The summed E-state index contributed by atoms with van der Waals surface area (Å²) in [6.45, 7) is 2.06. The van der Waals surface area contributed by atoms with E-state index in [1.54, 1.807) is 12.1 Å². The molecule has 0 radical (unpaired) electrons. The van der Waals surface area contributed by atoms with E-state index in [0.717, 1.165) is 25.1 Å². The van der Waals surface area contributed by atoms with E-state index in [4.69, 9.17) is 5.73 Å². The number of phenolic OH excluding ortho intramolecular Hbond substituents is 1. The Balaban J connectivity index is 2.29. The molecule has 0 bridgehead atoms. The first-order valence-electron chi connectivity index (χ1n) is 4.56. The molecule has 2 rings (SSSR count). The minimum absolute atomic E-state index is 0.243. The average molecular weight is 178 g/mol. The van der Waals surface area contributed by atoms with Crippen LogP contribution in [0.2, 0.25) is 0 Å². The van der Waals surface area contributed by atoms with Crippen molar-refractivity contribution in [3.63, 3.8) is 0 Å². The Morgan fingerprint density at radius 3 is 2.92 bits per heavy atom. The summed E-state index contributed by atoms with van der Waals surface area (Å²) in [4.78, 5) is 0. The summed E-state index contributed by atoms with van der Waals surface area (Å²) in [6, 6.07) is 5.24. The molecule has 1 fully saturated rings. The van der Waals surface area contributed by atoms with Gasteiger partial charge in [0.2, 0.25) is 0 Å². The van der Waals surface area contributed by atoms with E-state index < -0.39 is 0 Å². The van der Waals surface area contributed by atoms with Gasteiger partial charge in [-0.2, -0.15) is 0 Å². The summed E-state index contributed by atoms with van der Waals surface area (Å²) in [6.07, 6.45) is 1.13. The normalized spacial score (nSPS) is 22.0. The first-order valence-corrected chi connectivity index (χ1v) is 4.56. The van der Waals surface area contributed by atoms with Crippen LogP contribution in [0, 0.1) is 0 Å². The summed E-state index contributed by atoms with van der Waals surface area (Å²) in [5, 5.41) is 12.5. The van der Waals surface area contributed by atoms with Crippen molar-refractivity contribution in [2.75, 3.05) is 18.8 Å². The minimum Gasteiger partial charge on any atom is -0.508 e. The van der Waals surface area contributed by atoms with Crippen molar-refractivity contribution in [3.05, 3.63) is 23.8 Å². The fourth-order valence-electron chi connectivity index (χ4n) is 1.85. The van der Waals surface area contributed by atoms with Crippen LogP contribution in [0.3, 0.4) is 0 Å². The van der Waals surface area contributed by atoms with Crippen LogP contribution in [0.4, 0.5) is 5.69 Å². The van der Waals surface area contributed by atoms with Gasteiger partial charge in [0.15, 0.2) is 0 Å². The number of benzene rings is 1. The van der Waals surface area contributed by atoms with E-state index >= 15 is 0 Å². The first kappa shape index (κ1) is 8.38. The maximum atomic E-state index is 9.18. The average Bonchev–Trinajstić information content (AvgIpc) is 2.56. The zero-order valence-electron chi connectivity index (χ0n) is 7.46.